The zero-order valence-electron chi connectivity index (χ0n) is 16.1. The number of H-pyrrole nitrogens is 1. The van der Waals surface area contributed by atoms with Gasteiger partial charge in [0.1, 0.15) is 0 Å². The van der Waals surface area contributed by atoms with Crippen molar-refractivity contribution in [3.8, 4) is 0 Å². The molecule has 7 nitrogen and oxygen atoms in total. The number of carbonyl (C=O) groups is 1. The zero-order valence-corrected chi connectivity index (χ0v) is 18.5. The Labute approximate surface area is 181 Å². The third-order valence-corrected chi connectivity index (χ3v) is 6.74. The topological polar surface area (TPSA) is 101 Å². The lowest BCUT2D eigenvalue weighted by Crippen LogP contribution is -2.20. The Morgan fingerprint density at radius 2 is 2.00 bits per heavy atom. The van der Waals surface area contributed by atoms with Crippen LogP contribution in [0.4, 0.5) is 5.13 Å². The number of thioether (sulfide) groups is 2. The molecule has 0 saturated carbocycles. The second-order valence-electron chi connectivity index (χ2n) is 6.06. The van der Waals surface area contributed by atoms with Gasteiger partial charge in [-0.1, -0.05) is 72.1 Å². The summed E-state index contributed by atoms with van der Waals surface area (Å²) in [6.45, 7) is 3.83. The first-order valence-electron chi connectivity index (χ1n) is 9.07. The summed E-state index contributed by atoms with van der Waals surface area (Å²) >= 11 is 4.41. The summed E-state index contributed by atoms with van der Waals surface area (Å²) < 4.78 is 0.822. The number of nitrogens with zero attached hydrogens (tertiary/aromatic N) is 3. The second kappa shape index (κ2) is 10.6. The molecule has 3 aromatic rings. The van der Waals surface area contributed by atoms with Gasteiger partial charge < -0.3 is 10.3 Å². The average Bonchev–Trinajstić information content (AvgIpc) is 3.13. The van der Waals surface area contributed by atoms with Crippen molar-refractivity contribution in [1.29, 1.82) is 0 Å². The van der Waals surface area contributed by atoms with Crippen LogP contribution in [0.3, 0.4) is 0 Å². The van der Waals surface area contributed by atoms with E-state index in [-0.39, 0.29) is 17.9 Å². The third kappa shape index (κ3) is 6.41. The van der Waals surface area contributed by atoms with Gasteiger partial charge in [-0.3, -0.25) is 9.59 Å². The number of amides is 1. The maximum Gasteiger partial charge on any atom is 0.254 e. The van der Waals surface area contributed by atoms with Gasteiger partial charge in [0.05, 0.1) is 0 Å². The number of rotatable bonds is 9. The van der Waals surface area contributed by atoms with E-state index < -0.39 is 0 Å². The highest BCUT2D eigenvalue weighted by Gasteiger charge is 2.13. The van der Waals surface area contributed by atoms with Crippen molar-refractivity contribution in [1.82, 2.24) is 20.2 Å². The van der Waals surface area contributed by atoms with Crippen molar-refractivity contribution in [2.24, 2.45) is 0 Å². The van der Waals surface area contributed by atoms with E-state index in [0.29, 0.717) is 28.0 Å². The van der Waals surface area contributed by atoms with Gasteiger partial charge in [0.25, 0.3) is 5.56 Å². The van der Waals surface area contributed by atoms with Crippen molar-refractivity contribution >= 4 is 45.9 Å². The quantitative estimate of drug-likeness (QED) is 0.291. The average molecular weight is 448 g/mol. The molecular weight excluding hydrogens is 426 g/mol. The number of hydrogen-bond acceptors (Lipinski definition) is 8. The normalized spacial score (nSPS) is 10.8. The van der Waals surface area contributed by atoms with E-state index in [0.717, 1.165) is 21.4 Å². The Kier molecular flexibility index (Phi) is 7.84. The second-order valence-corrected chi connectivity index (χ2v) is 9.52. The lowest BCUT2D eigenvalue weighted by molar-refractivity contribution is -0.116. The van der Waals surface area contributed by atoms with Crippen molar-refractivity contribution in [3.05, 3.63) is 57.5 Å². The molecule has 1 aromatic carbocycles. The Morgan fingerprint density at radius 3 is 2.72 bits per heavy atom. The molecule has 0 saturated heterocycles. The molecule has 10 heteroatoms. The molecule has 0 bridgehead atoms. The first-order valence-corrected chi connectivity index (χ1v) is 11.9. The number of aryl methyl sites for hydroxylation is 1. The fourth-order valence-corrected chi connectivity index (χ4v) is 5.06. The predicted octanol–water partition coefficient (Wildman–Crippen LogP) is 3.91. The van der Waals surface area contributed by atoms with Gasteiger partial charge in [-0.05, 0) is 24.7 Å². The lowest BCUT2D eigenvalue weighted by Gasteiger charge is -2.07. The van der Waals surface area contributed by atoms with E-state index >= 15 is 0 Å². The Morgan fingerprint density at radius 1 is 1.21 bits per heavy atom. The summed E-state index contributed by atoms with van der Waals surface area (Å²) in [5.41, 5.74) is 2.15. The molecule has 0 radical (unpaired) electrons. The highest BCUT2D eigenvalue weighted by Crippen LogP contribution is 2.25. The largest absolute Gasteiger partial charge is 0.301 e. The molecule has 0 fully saturated rings. The molecule has 2 aromatic heterocycles. The van der Waals surface area contributed by atoms with Gasteiger partial charge in [-0.15, -0.1) is 10.2 Å². The number of benzene rings is 1. The van der Waals surface area contributed by atoms with Gasteiger partial charge >= 0.3 is 0 Å². The molecule has 0 aliphatic heterocycles. The van der Waals surface area contributed by atoms with Gasteiger partial charge in [0.2, 0.25) is 11.0 Å². The molecule has 152 valence electrons. The van der Waals surface area contributed by atoms with Gasteiger partial charge in [0.15, 0.2) is 9.50 Å². The predicted molar refractivity (Wildman–Crippen MR) is 119 cm³/mol. The van der Waals surface area contributed by atoms with Crippen molar-refractivity contribution in [2.75, 3.05) is 11.1 Å². The van der Waals surface area contributed by atoms with E-state index in [4.69, 9.17) is 0 Å². The monoisotopic (exact) mass is 447 g/mol. The highest BCUT2D eigenvalue weighted by atomic mass is 32.2. The number of carbonyl (C=O) groups excluding carboxylic acids is 1. The van der Waals surface area contributed by atoms with E-state index in [1.54, 1.807) is 18.7 Å². The minimum Gasteiger partial charge on any atom is -0.301 e. The standard InChI is InChI=1S/C19H21N5O2S3/c1-3-27-19-24-23-18(29-19)21-15(25)10-9-14-12(2)20-17(22-16(14)26)28-11-13-7-5-4-6-8-13/h4-8H,3,9-11H2,1-2H3,(H,20,22,26)(H,21,23,25). The van der Waals surface area contributed by atoms with Crippen LogP contribution in [0.2, 0.25) is 0 Å². The first kappa shape index (κ1) is 21.5. The molecule has 0 spiro atoms. The molecule has 0 atom stereocenters. The van der Waals surface area contributed by atoms with Crippen LogP contribution in [0.1, 0.15) is 30.2 Å². The van der Waals surface area contributed by atoms with Crippen LogP contribution in [0.5, 0.6) is 0 Å². The fourth-order valence-electron chi connectivity index (χ4n) is 2.54. The maximum atomic E-state index is 12.5. The summed E-state index contributed by atoms with van der Waals surface area (Å²) in [4.78, 5) is 31.9. The van der Waals surface area contributed by atoms with Crippen molar-refractivity contribution < 1.29 is 4.79 Å². The van der Waals surface area contributed by atoms with Crippen LogP contribution in [-0.4, -0.2) is 31.8 Å². The van der Waals surface area contributed by atoms with E-state index in [1.807, 2.05) is 37.3 Å². The van der Waals surface area contributed by atoms with Crippen LogP contribution >= 0.6 is 34.9 Å². The van der Waals surface area contributed by atoms with Crippen LogP contribution in [-0.2, 0) is 17.0 Å². The Bertz CT molecular complexity index is 1020. The van der Waals surface area contributed by atoms with Gasteiger partial charge in [-0.25, -0.2) is 4.98 Å². The number of aromatic nitrogens is 4. The lowest BCUT2D eigenvalue weighted by atomic mass is 10.1. The van der Waals surface area contributed by atoms with Gasteiger partial charge in [0, 0.05) is 23.4 Å². The number of hydrogen-bond donors (Lipinski definition) is 2. The molecule has 2 N–H and O–H groups in total. The fraction of sp³-hybridized carbons (Fsp3) is 0.316. The van der Waals surface area contributed by atoms with E-state index in [1.165, 1.54) is 23.1 Å². The summed E-state index contributed by atoms with van der Waals surface area (Å²) in [5.74, 6) is 1.43. The molecule has 0 aliphatic rings. The minimum atomic E-state index is -0.199. The molecule has 3 rings (SSSR count). The van der Waals surface area contributed by atoms with Crippen molar-refractivity contribution in [3.63, 3.8) is 0 Å². The summed E-state index contributed by atoms with van der Waals surface area (Å²) in [6, 6.07) is 10.0. The Balaban J connectivity index is 1.56. The van der Waals surface area contributed by atoms with Crippen LogP contribution in [0, 0.1) is 6.92 Å². The molecular formula is C19H21N5O2S3. The third-order valence-electron chi connectivity index (χ3n) is 3.94. The summed E-state index contributed by atoms with van der Waals surface area (Å²) in [7, 11) is 0. The number of aromatic amines is 1. The van der Waals surface area contributed by atoms with Gasteiger partial charge in [-0.2, -0.15) is 0 Å². The number of anilines is 1. The summed E-state index contributed by atoms with van der Waals surface area (Å²) in [5, 5.41) is 11.8. The first-order chi connectivity index (χ1) is 14.0. The van der Waals surface area contributed by atoms with Crippen LogP contribution in [0.15, 0.2) is 44.6 Å². The van der Waals surface area contributed by atoms with E-state index in [9.17, 15) is 9.59 Å². The number of nitrogens with one attached hydrogen (secondary N) is 2. The van der Waals surface area contributed by atoms with Crippen molar-refractivity contribution in [2.45, 2.75) is 41.9 Å². The Hall–Kier alpha value is -2.17. The molecule has 1 amide bonds. The molecule has 0 aliphatic carbocycles. The van der Waals surface area contributed by atoms with Crippen LogP contribution < -0.4 is 10.9 Å². The maximum absolute atomic E-state index is 12.5. The summed E-state index contributed by atoms with van der Waals surface area (Å²) in [6.07, 6.45) is 0.497. The zero-order chi connectivity index (χ0) is 20.6. The minimum absolute atomic E-state index is 0.179. The molecule has 0 unspecified atom stereocenters. The molecule has 29 heavy (non-hydrogen) atoms. The van der Waals surface area contributed by atoms with E-state index in [2.05, 4.69) is 25.5 Å². The van der Waals surface area contributed by atoms with Crippen LogP contribution in [0.25, 0.3) is 0 Å². The SMILES string of the molecule is CCSc1nnc(NC(=O)CCc2c(C)nc(SCc3ccccc3)[nH]c2=O)s1. The highest BCUT2D eigenvalue weighted by molar-refractivity contribution is 8.01. The molecule has 2 heterocycles. The smallest absolute Gasteiger partial charge is 0.254 e.